The van der Waals surface area contributed by atoms with Gasteiger partial charge < -0.3 is 14.6 Å². The van der Waals surface area contributed by atoms with Crippen molar-refractivity contribution in [1.29, 1.82) is 0 Å². The van der Waals surface area contributed by atoms with E-state index in [0.717, 1.165) is 13.2 Å². The number of hydrogen-bond acceptors (Lipinski definition) is 3. The summed E-state index contributed by atoms with van der Waals surface area (Å²) in [7, 11) is 1.75. The Labute approximate surface area is 102 Å². The molecule has 94 valence electrons. The zero-order valence-electron chi connectivity index (χ0n) is 10.5. The van der Waals surface area contributed by atoms with Crippen LogP contribution in [0.3, 0.4) is 0 Å². The highest BCUT2D eigenvalue weighted by atomic mass is 16.5. The SMILES string of the molecule is COCCn1ccnc1[C@H]1NCC12CCCC2. The zero-order valence-corrected chi connectivity index (χ0v) is 10.5. The maximum absolute atomic E-state index is 5.15. The Morgan fingerprint density at radius 3 is 3.00 bits per heavy atom. The monoisotopic (exact) mass is 235 g/mol. The van der Waals surface area contributed by atoms with Gasteiger partial charge in [0, 0.05) is 38.0 Å². The maximum atomic E-state index is 5.15. The molecule has 1 N–H and O–H groups in total. The second kappa shape index (κ2) is 4.42. The van der Waals surface area contributed by atoms with Crippen molar-refractivity contribution < 1.29 is 4.74 Å². The number of methoxy groups -OCH3 is 1. The summed E-state index contributed by atoms with van der Waals surface area (Å²) in [6.07, 6.45) is 9.47. The van der Waals surface area contributed by atoms with E-state index in [1.807, 2.05) is 6.20 Å². The van der Waals surface area contributed by atoms with Crippen LogP contribution in [0.4, 0.5) is 0 Å². The number of nitrogens with one attached hydrogen (secondary N) is 1. The van der Waals surface area contributed by atoms with Gasteiger partial charge in [0.05, 0.1) is 12.6 Å². The lowest BCUT2D eigenvalue weighted by Gasteiger charge is -2.48. The number of rotatable bonds is 4. The number of imidazole rings is 1. The first kappa shape index (κ1) is 11.2. The highest BCUT2D eigenvalue weighted by Crippen LogP contribution is 2.52. The molecule has 1 aromatic heterocycles. The van der Waals surface area contributed by atoms with Crippen LogP contribution >= 0.6 is 0 Å². The maximum Gasteiger partial charge on any atom is 0.126 e. The largest absolute Gasteiger partial charge is 0.383 e. The van der Waals surface area contributed by atoms with Gasteiger partial charge in [0.15, 0.2) is 0 Å². The second-order valence-corrected chi connectivity index (χ2v) is 5.36. The van der Waals surface area contributed by atoms with Crippen molar-refractivity contribution in [3.63, 3.8) is 0 Å². The standard InChI is InChI=1S/C13H21N3O/c1-17-9-8-16-7-6-14-12(16)11-13(10-15-11)4-2-3-5-13/h6-7,11,15H,2-5,8-10H2,1H3/t11-/m1/s1. The van der Waals surface area contributed by atoms with Crippen LogP contribution in [0.25, 0.3) is 0 Å². The molecule has 1 atom stereocenters. The minimum atomic E-state index is 0.469. The van der Waals surface area contributed by atoms with Gasteiger partial charge in [-0.3, -0.25) is 0 Å². The predicted molar refractivity (Wildman–Crippen MR) is 65.7 cm³/mol. The molecule has 1 aliphatic carbocycles. The van der Waals surface area contributed by atoms with Crippen LogP contribution in [-0.2, 0) is 11.3 Å². The van der Waals surface area contributed by atoms with Crippen LogP contribution in [0.5, 0.6) is 0 Å². The van der Waals surface area contributed by atoms with Crippen LogP contribution in [0, 0.1) is 5.41 Å². The molecule has 0 radical (unpaired) electrons. The van der Waals surface area contributed by atoms with E-state index in [-0.39, 0.29) is 0 Å². The third-order valence-electron chi connectivity index (χ3n) is 4.41. The normalized spacial score (nSPS) is 26.3. The third kappa shape index (κ3) is 1.79. The summed E-state index contributed by atoms with van der Waals surface area (Å²) in [5.74, 6) is 1.20. The predicted octanol–water partition coefficient (Wildman–Crippen LogP) is 1.73. The molecule has 4 nitrogen and oxygen atoms in total. The Morgan fingerprint density at radius 2 is 2.35 bits per heavy atom. The van der Waals surface area contributed by atoms with Gasteiger partial charge in [-0.25, -0.2) is 4.98 Å². The molecule has 1 saturated carbocycles. The Hall–Kier alpha value is -0.870. The van der Waals surface area contributed by atoms with Crippen molar-refractivity contribution in [2.24, 2.45) is 5.41 Å². The molecule has 1 saturated heterocycles. The third-order valence-corrected chi connectivity index (χ3v) is 4.41. The molecule has 2 heterocycles. The van der Waals surface area contributed by atoms with Gasteiger partial charge in [0.1, 0.15) is 5.82 Å². The Balaban J connectivity index is 1.77. The van der Waals surface area contributed by atoms with Crippen LogP contribution in [0.2, 0.25) is 0 Å². The molecule has 0 amide bonds. The molecular formula is C13H21N3O. The van der Waals surface area contributed by atoms with E-state index in [2.05, 4.69) is 21.1 Å². The lowest BCUT2D eigenvalue weighted by atomic mass is 9.71. The summed E-state index contributed by atoms with van der Waals surface area (Å²) in [6, 6.07) is 0.469. The molecule has 1 spiro atoms. The number of nitrogens with zero attached hydrogens (tertiary/aromatic N) is 2. The average molecular weight is 235 g/mol. The average Bonchev–Trinajstić information content (AvgIpc) is 2.95. The number of aromatic nitrogens is 2. The molecule has 0 unspecified atom stereocenters. The van der Waals surface area contributed by atoms with Gasteiger partial charge >= 0.3 is 0 Å². The minimum Gasteiger partial charge on any atom is -0.383 e. The molecular weight excluding hydrogens is 214 g/mol. The summed E-state index contributed by atoms with van der Waals surface area (Å²) in [5, 5.41) is 3.57. The molecule has 1 aliphatic heterocycles. The summed E-state index contributed by atoms with van der Waals surface area (Å²) in [5.41, 5.74) is 0.510. The smallest absolute Gasteiger partial charge is 0.126 e. The molecule has 3 rings (SSSR count). The Bertz CT molecular complexity index is 382. The first-order valence-electron chi connectivity index (χ1n) is 6.59. The molecule has 1 aromatic rings. The summed E-state index contributed by atoms with van der Waals surface area (Å²) in [4.78, 5) is 4.55. The van der Waals surface area contributed by atoms with Crippen LogP contribution in [0.15, 0.2) is 12.4 Å². The quantitative estimate of drug-likeness (QED) is 0.864. The lowest BCUT2D eigenvalue weighted by Crippen LogP contribution is -2.55. The Kier molecular flexibility index (Phi) is 2.92. The number of ether oxygens (including phenoxy) is 1. The molecule has 17 heavy (non-hydrogen) atoms. The first-order chi connectivity index (χ1) is 8.36. The van der Waals surface area contributed by atoms with E-state index in [0.29, 0.717) is 11.5 Å². The van der Waals surface area contributed by atoms with E-state index in [9.17, 15) is 0 Å². The lowest BCUT2D eigenvalue weighted by molar-refractivity contribution is 0.0784. The van der Waals surface area contributed by atoms with Crippen molar-refractivity contribution in [2.75, 3.05) is 20.3 Å². The highest BCUT2D eigenvalue weighted by molar-refractivity contribution is 5.14. The fourth-order valence-corrected chi connectivity index (χ4v) is 3.36. The van der Waals surface area contributed by atoms with Gasteiger partial charge in [-0.1, -0.05) is 12.8 Å². The van der Waals surface area contributed by atoms with Gasteiger partial charge in [0.25, 0.3) is 0 Å². The van der Waals surface area contributed by atoms with Gasteiger partial charge in [-0.05, 0) is 12.8 Å². The van der Waals surface area contributed by atoms with Crippen molar-refractivity contribution in [3.05, 3.63) is 18.2 Å². The molecule has 2 aliphatic rings. The van der Waals surface area contributed by atoms with Gasteiger partial charge in [-0.15, -0.1) is 0 Å². The zero-order chi connectivity index (χ0) is 11.7. The fraction of sp³-hybridized carbons (Fsp3) is 0.769. The van der Waals surface area contributed by atoms with Crippen molar-refractivity contribution in [1.82, 2.24) is 14.9 Å². The van der Waals surface area contributed by atoms with Crippen molar-refractivity contribution >= 4 is 0 Å². The summed E-state index contributed by atoms with van der Waals surface area (Å²) >= 11 is 0. The van der Waals surface area contributed by atoms with Crippen molar-refractivity contribution in [3.8, 4) is 0 Å². The van der Waals surface area contributed by atoms with E-state index >= 15 is 0 Å². The minimum absolute atomic E-state index is 0.469. The second-order valence-electron chi connectivity index (χ2n) is 5.36. The molecule has 0 aromatic carbocycles. The van der Waals surface area contributed by atoms with E-state index in [1.54, 1.807) is 7.11 Å². The highest BCUT2D eigenvalue weighted by Gasteiger charge is 2.50. The van der Waals surface area contributed by atoms with Crippen LogP contribution in [0.1, 0.15) is 37.5 Å². The topological polar surface area (TPSA) is 39.1 Å². The number of hydrogen-bond donors (Lipinski definition) is 1. The van der Waals surface area contributed by atoms with E-state index < -0.39 is 0 Å². The van der Waals surface area contributed by atoms with Crippen LogP contribution in [-0.4, -0.2) is 29.8 Å². The molecule has 0 bridgehead atoms. The van der Waals surface area contributed by atoms with E-state index in [1.165, 1.54) is 38.1 Å². The summed E-state index contributed by atoms with van der Waals surface area (Å²) < 4.78 is 7.39. The van der Waals surface area contributed by atoms with Gasteiger partial charge in [-0.2, -0.15) is 0 Å². The molecule has 2 fully saturated rings. The summed E-state index contributed by atoms with van der Waals surface area (Å²) in [6.45, 7) is 2.83. The fourth-order valence-electron chi connectivity index (χ4n) is 3.36. The first-order valence-corrected chi connectivity index (χ1v) is 6.59. The van der Waals surface area contributed by atoms with E-state index in [4.69, 9.17) is 4.74 Å². The molecule has 4 heteroatoms. The van der Waals surface area contributed by atoms with Crippen LogP contribution < -0.4 is 5.32 Å². The Morgan fingerprint density at radius 1 is 1.53 bits per heavy atom. The van der Waals surface area contributed by atoms with Crippen molar-refractivity contribution in [2.45, 2.75) is 38.3 Å². The van der Waals surface area contributed by atoms with Gasteiger partial charge in [0.2, 0.25) is 0 Å².